The van der Waals surface area contributed by atoms with Crippen LogP contribution in [0.5, 0.6) is 0 Å². The largest absolute Gasteiger partial charge is 0.444 e. The van der Waals surface area contributed by atoms with Gasteiger partial charge < -0.3 is 10.1 Å². The van der Waals surface area contributed by atoms with Gasteiger partial charge in [-0.1, -0.05) is 36.4 Å². The molecule has 6 heteroatoms. The predicted octanol–water partition coefficient (Wildman–Crippen LogP) is 3.91. The summed E-state index contributed by atoms with van der Waals surface area (Å²) in [7, 11) is 0. The van der Waals surface area contributed by atoms with Crippen molar-refractivity contribution in [1.29, 1.82) is 0 Å². The standard InChI is InChI=1S/C24H26N2O4/c1-24(2,3)30-23(29)25-14-16-13-17(12-15-8-4-5-9-18(15)16)26-21(27)19-10-6-7-11-20(19)22(26)28/h4-11,16-17H,12-14H2,1-3H3,(H,25,29). The van der Waals surface area contributed by atoms with Crippen LogP contribution < -0.4 is 5.32 Å². The third kappa shape index (κ3) is 3.82. The summed E-state index contributed by atoms with van der Waals surface area (Å²) in [6.45, 7) is 5.84. The number of rotatable bonds is 3. The molecule has 1 aliphatic carbocycles. The van der Waals surface area contributed by atoms with Gasteiger partial charge in [0.05, 0.1) is 11.1 Å². The molecule has 3 amide bonds. The van der Waals surface area contributed by atoms with E-state index in [9.17, 15) is 14.4 Å². The third-order valence-corrected chi connectivity index (χ3v) is 5.59. The highest BCUT2D eigenvalue weighted by molar-refractivity contribution is 6.21. The molecule has 156 valence electrons. The molecule has 2 atom stereocenters. The molecular formula is C24H26N2O4. The van der Waals surface area contributed by atoms with Crippen molar-refractivity contribution in [3.63, 3.8) is 0 Å². The average molecular weight is 406 g/mol. The van der Waals surface area contributed by atoms with E-state index in [-0.39, 0.29) is 23.8 Å². The fourth-order valence-electron chi connectivity index (χ4n) is 4.36. The van der Waals surface area contributed by atoms with Crippen molar-refractivity contribution in [2.24, 2.45) is 0 Å². The van der Waals surface area contributed by atoms with Gasteiger partial charge in [0.25, 0.3) is 11.8 Å². The summed E-state index contributed by atoms with van der Waals surface area (Å²) in [6.07, 6.45) is 0.742. The quantitative estimate of drug-likeness (QED) is 0.785. The maximum atomic E-state index is 13.0. The van der Waals surface area contributed by atoms with Gasteiger partial charge in [-0.2, -0.15) is 0 Å². The zero-order valence-corrected chi connectivity index (χ0v) is 17.5. The Hall–Kier alpha value is -3.15. The molecule has 0 spiro atoms. The van der Waals surface area contributed by atoms with Gasteiger partial charge in [-0.3, -0.25) is 14.5 Å². The van der Waals surface area contributed by atoms with Crippen molar-refractivity contribution in [3.8, 4) is 0 Å². The first-order valence-electron chi connectivity index (χ1n) is 10.3. The SMILES string of the molecule is CC(C)(C)OC(=O)NCC1CC(N2C(=O)c3ccccc3C2=O)Cc2ccccc21. The lowest BCUT2D eigenvalue weighted by Crippen LogP contribution is -2.45. The van der Waals surface area contributed by atoms with Gasteiger partial charge in [-0.15, -0.1) is 0 Å². The first-order valence-corrected chi connectivity index (χ1v) is 10.3. The smallest absolute Gasteiger partial charge is 0.407 e. The van der Waals surface area contributed by atoms with Crippen LogP contribution in [0.4, 0.5) is 4.79 Å². The number of hydrogen-bond donors (Lipinski definition) is 1. The highest BCUT2D eigenvalue weighted by Crippen LogP contribution is 2.36. The van der Waals surface area contributed by atoms with E-state index < -0.39 is 11.7 Å². The molecule has 1 heterocycles. The van der Waals surface area contributed by atoms with Crippen LogP contribution in [0.3, 0.4) is 0 Å². The molecule has 0 fully saturated rings. The molecule has 1 aliphatic heterocycles. The van der Waals surface area contributed by atoms with Crippen molar-refractivity contribution in [1.82, 2.24) is 10.2 Å². The van der Waals surface area contributed by atoms with Crippen LogP contribution in [0, 0.1) is 0 Å². The van der Waals surface area contributed by atoms with Crippen LogP contribution in [-0.4, -0.2) is 41.0 Å². The lowest BCUT2D eigenvalue weighted by atomic mass is 9.79. The van der Waals surface area contributed by atoms with Gasteiger partial charge in [0.2, 0.25) is 0 Å². The van der Waals surface area contributed by atoms with E-state index in [0.29, 0.717) is 30.5 Å². The number of nitrogens with one attached hydrogen (secondary N) is 1. The second kappa shape index (κ2) is 7.59. The number of carbonyl (C=O) groups is 3. The number of fused-ring (bicyclic) bond motifs is 2. The highest BCUT2D eigenvalue weighted by atomic mass is 16.6. The molecule has 0 bridgehead atoms. The zero-order chi connectivity index (χ0) is 21.5. The summed E-state index contributed by atoms with van der Waals surface area (Å²) in [5.41, 5.74) is 2.59. The summed E-state index contributed by atoms with van der Waals surface area (Å²) in [6, 6.07) is 14.7. The summed E-state index contributed by atoms with van der Waals surface area (Å²) in [4.78, 5) is 39.5. The Balaban J connectivity index is 1.56. The third-order valence-electron chi connectivity index (χ3n) is 5.59. The Labute approximate surface area is 176 Å². The van der Waals surface area contributed by atoms with Gasteiger partial charge in [0.1, 0.15) is 5.60 Å². The van der Waals surface area contributed by atoms with Crippen LogP contribution >= 0.6 is 0 Å². The van der Waals surface area contributed by atoms with Gasteiger partial charge in [0, 0.05) is 18.5 Å². The van der Waals surface area contributed by atoms with E-state index in [1.807, 2.05) is 39.0 Å². The van der Waals surface area contributed by atoms with Crippen molar-refractivity contribution >= 4 is 17.9 Å². The van der Waals surface area contributed by atoms with E-state index >= 15 is 0 Å². The number of alkyl carbamates (subject to hydrolysis) is 1. The number of hydrogen-bond acceptors (Lipinski definition) is 4. The molecule has 0 saturated heterocycles. The minimum absolute atomic E-state index is 0.0169. The fourth-order valence-corrected chi connectivity index (χ4v) is 4.36. The second-order valence-corrected chi connectivity index (χ2v) is 8.90. The van der Waals surface area contributed by atoms with Crippen LogP contribution in [-0.2, 0) is 11.2 Å². The first-order chi connectivity index (χ1) is 14.2. The number of amides is 3. The lowest BCUT2D eigenvalue weighted by molar-refractivity contribution is 0.0500. The predicted molar refractivity (Wildman–Crippen MR) is 112 cm³/mol. The molecule has 0 saturated carbocycles. The molecule has 30 heavy (non-hydrogen) atoms. The molecule has 6 nitrogen and oxygen atoms in total. The van der Waals surface area contributed by atoms with E-state index in [1.54, 1.807) is 24.3 Å². The van der Waals surface area contributed by atoms with Crippen LogP contribution in [0.1, 0.15) is 65.0 Å². The molecule has 0 aromatic heterocycles. The Morgan fingerprint density at radius 2 is 1.63 bits per heavy atom. The molecule has 1 N–H and O–H groups in total. The monoisotopic (exact) mass is 406 g/mol. The van der Waals surface area contributed by atoms with Gasteiger partial charge in [0.15, 0.2) is 0 Å². The van der Waals surface area contributed by atoms with E-state index in [2.05, 4.69) is 11.4 Å². The molecule has 2 aromatic rings. The fraction of sp³-hybridized carbons (Fsp3) is 0.375. The Bertz CT molecular complexity index is 973. The summed E-state index contributed by atoms with van der Waals surface area (Å²) in [5.74, 6) is -0.491. The summed E-state index contributed by atoms with van der Waals surface area (Å²) < 4.78 is 5.35. The molecular weight excluding hydrogens is 380 g/mol. The maximum absolute atomic E-state index is 13.0. The average Bonchev–Trinajstić information content (AvgIpc) is 2.95. The summed E-state index contributed by atoms with van der Waals surface area (Å²) >= 11 is 0. The minimum Gasteiger partial charge on any atom is -0.444 e. The minimum atomic E-state index is -0.572. The van der Waals surface area contributed by atoms with Crippen LogP contribution in [0.15, 0.2) is 48.5 Å². The Morgan fingerprint density at radius 3 is 2.27 bits per heavy atom. The van der Waals surface area contributed by atoms with Crippen molar-refractivity contribution in [2.45, 2.75) is 51.2 Å². The number of carbonyl (C=O) groups excluding carboxylic acids is 3. The lowest BCUT2D eigenvalue weighted by Gasteiger charge is -2.36. The highest BCUT2D eigenvalue weighted by Gasteiger charge is 2.42. The van der Waals surface area contributed by atoms with Crippen molar-refractivity contribution in [2.75, 3.05) is 6.54 Å². The molecule has 4 rings (SSSR count). The molecule has 0 radical (unpaired) electrons. The molecule has 2 unspecified atom stereocenters. The van der Waals surface area contributed by atoms with Gasteiger partial charge >= 0.3 is 6.09 Å². The topological polar surface area (TPSA) is 75.7 Å². The molecule has 2 aromatic carbocycles. The van der Waals surface area contributed by atoms with Crippen molar-refractivity contribution in [3.05, 3.63) is 70.8 Å². The van der Waals surface area contributed by atoms with Gasteiger partial charge in [-0.05, 0) is 56.9 Å². The van der Waals surface area contributed by atoms with Crippen LogP contribution in [0.25, 0.3) is 0 Å². The Morgan fingerprint density at radius 1 is 1.03 bits per heavy atom. The number of imide groups is 1. The number of nitrogens with zero attached hydrogens (tertiary/aromatic N) is 1. The van der Waals surface area contributed by atoms with Crippen LogP contribution in [0.2, 0.25) is 0 Å². The Kier molecular flexibility index (Phi) is 5.10. The van der Waals surface area contributed by atoms with Gasteiger partial charge in [-0.25, -0.2) is 4.79 Å². The second-order valence-electron chi connectivity index (χ2n) is 8.90. The summed E-state index contributed by atoms with van der Waals surface area (Å²) in [5, 5.41) is 2.85. The normalized spacial score (nSPS) is 20.6. The number of benzene rings is 2. The number of ether oxygens (including phenoxy) is 1. The van der Waals surface area contributed by atoms with E-state index in [0.717, 1.165) is 11.1 Å². The van der Waals surface area contributed by atoms with Crippen molar-refractivity contribution < 1.29 is 19.1 Å². The van der Waals surface area contributed by atoms with E-state index in [1.165, 1.54) is 4.90 Å². The maximum Gasteiger partial charge on any atom is 0.407 e. The first kappa shape index (κ1) is 20.1. The zero-order valence-electron chi connectivity index (χ0n) is 17.5. The van der Waals surface area contributed by atoms with E-state index in [4.69, 9.17) is 4.74 Å². The molecule has 2 aliphatic rings.